The molecule has 1 unspecified atom stereocenters. The van der Waals surface area contributed by atoms with E-state index >= 15 is 0 Å². The van der Waals surface area contributed by atoms with Crippen LogP contribution in [0.1, 0.15) is 31.3 Å². The van der Waals surface area contributed by atoms with Gasteiger partial charge in [0, 0.05) is 24.2 Å². The van der Waals surface area contributed by atoms with Crippen LogP contribution in [0.15, 0.2) is 23.2 Å². The predicted molar refractivity (Wildman–Crippen MR) is 64.5 cm³/mol. The third kappa shape index (κ3) is 4.12. The molecule has 1 aromatic rings. The summed E-state index contributed by atoms with van der Waals surface area (Å²) < 4.78 is 0. The van der Waals surface area contributed by atoms with Gasteiger partial charge in [-0.2, -0.15) is 0 Å². The summed E-state index contributed by atoms with van der Waals surface area (Å²) in [5, 5.41) is 14.9. The van der Waals surface area contributed by atoms with Gasteiger partial charge >= 0.3 is 5.97 Å². The van der Waals surface area contributed by atoms with E-state index in [9.17, 15) is 4.79 Å². The van der Waals surface area contributed by atoms with Crippen LogP contribution in [0.4, 0.5) is 0 Å². The van der Waals surface area contributed by atoms with Crippen LogP contribution < -0.4 is 5.32 Å². The average Bonchev–Trinajstić information content (AvgIpc) is 2.71. The molecule has 1 heterocycles. The molecule has 1 atom stereocenters. The maximum atomic E-state index is 10.4. The zero-order chi connectivity index (χ0) is 12.0. The van der Waals surface area contributed by atoms with Crippen molar-refractivity contribution in [3.05, 3.63) is 28.2 Å². The Kier molecular flexibility index (Phi) is 5.14. The summed E-state index contributed by atoms with van der Waals surface area (Å²) in [5.41, 5.74) is 0.808. The minimum Gasteiger partial charge on any atom is -0.478 e. The van der Waals surface area contributed by atoms with E-state index in [0.717, 1.165) is 17.0 Å². The lowest BCUT2D eigenvalue weighted by Gasteiger charge is -2.14. The molecule has 0 amide bonds. The highest BCUT2D eigenvalue weighted by atomic mass is 32.1. The van der Waals surface area contributed by atoms with E-state index in [1.807, 2.05) is 5.38 Å². The molecule has 0 aliphatic rings. The molecule has 4 nitrogen and oxygen atoms in total. The summed E-state index contributed by atoms with van der Waals surface area (Å²) >= 11 is 1.61. The Bertz CT molecular complexity index is 360. The van der Waals surface area contributed by atoms with E-state index in [2.05, 4.69) is 17.2 Å². The molecule has 1 rings (SSSR count). The fraction of sp³-hybridized carbons (Fsp3) is 0.455. The number of aromatic nitrogens is 1. The zero-order valence-corrected chi connectivity index (χ0v) is 10.3. The van der Waals surface area contributed by atoms with E-state index in [1.54, 1.807) is 24.5 Å². The molecule has 88 valence electrons. The molecule has 0 aliphatic heterocycles. The van der Waals surface area contributed by atoms with Gasteiger partial charge in [-0.3, -0.25) is 0 Å². The second-order valence-corrected chi connectivity index (χ2v) is 4.47. The average molecular weight is 240 g/mol. The summed E-state index contributed by atoms with van der Waals surface area (Å²) in [5.74, 6) is -0.901. The molecular formula is C11H16N2O2S. The van der Waals surface area contributed by atoms with Crippen LogP contribution in [-0.2, 0) is 4.79 Å². The van der Waals surface area contributed by atoms with E-state index in [-0.39, 0.29) is 6.04 Å². The van der Waals surface area contributed by atoms with Crippen LogP contribution in [-0.4, -0.2) is 22.6 Å². The summed E-state index contributed by atoms with van der Waals surface area (Å²) in [6.45, 7) is 4.45. The molecule has 16 heavy (non-hydrogen) atoms. The Morgan fingerprint density at radius 3 is 3.00 bits per heavy atom. The van der Waals surface area contributed by atoms with Crippen molar-refractivity contribution in [2.45, 2.75) is 26.3 Å². The number of carboxylic acids is 1. The molecule has 0 fully saturated rings. The maximum absolute atomic E-state index is 10.4. The maximum Gasteiger partial charge on any atom is 0.328 e. The van der Waals surface area contributed by atoms with Crippen molar-refractivity contribution in [3.63, 3.8) is 0 Å². The Labute approximate surface area is 99.0 Å². The van der Waals surface area contributed by atoms with Gasteiger partial charge in [-0.25, -0.2) is 9.78 Å². The van der Waals surface area contributed by atoms with E-state index < -0.39 is 5.97 Å². The number of aliphatic carboxylic acids is 1. The highest BCUT2D eigenvalue weighted by Crippen LogP contribution is 2.18. The van der Waals surface area contributed by atoms with Gasteiger partial charge in [0.15, 0.2) is 0 Å². The summed E-state index contributed by atoms with van der Waals surface area (Å²) in [6, 6.07) is 0.206. The first-order valence-electron chi connectivity index (χ1n) is 5.16. The standard InChI is InChI=1S/C11H16N2O2S/c1-3-9(11-12-4-5-16-11)13-7-8(2)6-10(14)15/h4-6,9,13H,3,7H2,1-2H3,(H,14,15)/b8-6+. The molecule has 1 aromatic heterocycles. The fourth-order valence-electron chi connectivity index (χ4n) is 1.36. The van der Waals surface area contributed by atoms with Crippen molar-refractivity contribution in [1.29, 1.82) is 0 Å². The molecule has 0 saturated heterocycles. The number of carboxylic acid groups (broad SMARTS) is 1. The number of nitrogens with zero attached hydrogens (tertiary/aromatic N) is 1. The SMILES string of the molecule is CCC(NC/C(C)=C/C(=O)O)c1nccs1. The monoisotopic (exact) mass is 240 g/mol. The Morgan fingerprint density at radius 1 is 1.75 bits per heavy atom. The third-order valence-electron chi connectivity index (χ3n) is 2.15. The van der Waals surface area contributed by atoms with Gasteiger partial charge in [0.2, 0.25) is 0 Å². The lowest BCUT2D eigenvalue weighted by atomic mass is 10.2. The second-order valence-electron chi connectivity index (χ2n) is 3.54. The van der Waals surface area contributed by atoms with Crippen molar-refractivity contribution in [3.8, 4) is 0 Å². The number of nitrogens with one attached hydrogen (secondary N) is 1. The van der Waals surface area contributed by atoms with Crippen molar-refractivity contribution < 1.29 is 9.90 Å². The van der Waals surface area contributed by atoms with Gasteiger partial charge in [-0.05, 0) is 13.3 Å². The van der Waals surface area contributed by atoms with Crippen molar-refractivity contribution in [1.82, 2.24) is 10.3 Å². The lowest BCUT2D eigenvalue weighted by molar-refractivity contribution is -0.131. The van der Waals surface area contributed by atoms with E-state index in [0.29, 0.717) is 6.54 Å². The van der Waals surface area contributed by atoms with Crippen LogP contribution in [0, 0.1) is 0 Å². The van der Waals surface area contributed by atoms with E-state index in [1.165, 1.54) is 6.08 Å². The number of hydrogen-bond donors (Lipinski definition) is 2. The molecule has 2 N–H and O–H groups in total. The number of rotatable bonds is 6. The zero-order valence-electron chi connectivity index (χ0n) is 9.43. The first kappa shape index (κ1) is 12.9. The quantitative estimate of drug-likeness (QED) is 0.748. The van der Waals surface area contributed by atoms with Gasteiger partial charge in [-0.1, -0.05) is 12.5 Å². The van der Waals surface area contributed by atoms with Crippen LogP contribution in [0.25, 0.3) is 0 Å². The third-order valence-corrected chi connectivity index (χ3v) is 3.04. The first-order chi connectivity index (χ1) is 7.63. The Morgan fingerprint density at radius 2 is 2.50 bits per heavy atom. The minimum absolute atomic E-state index is 0.206. The first-order valence-corrected chi connectivity index (χ1v) is 6.04. The Balaban J connectivity index is 2.50. The molecule has 0 spiro atoms. The highest BCUT2D eigenvalue weighted by molar-refractivity contribution is 7.09. The van der Waals surface area contributed by atoms with Crippen molar-refractivity contribution in [2.75, 3.05) is 6.54 Å². The van der Waals surface area contributed by atoms with Gasteiger partial charge in [-0.15, -0.1) is 11.3 Å². The number of thiazole rings is 1. The van der Waals surface area contributed by atoms with Crippen LogP contribution in [0.5, 0.6) is 0 Å². The summed E-state index contributed by atoms with van der Waals surface area (Å²) in [7, 11) is 0. The van der Waals surface area contributed by atoms with Gasteiger partial charge in [0.05, 0.1) is 6.04 Å². The number of hydrogen-bond acceptors (Lipinski definition) is 4. The van der Waals surface area contributed by atoms with Crippen molar-refractivity contribution in [2.24, 2.45) is 0 Å². The Hall–Kier alpha value is -1.20. The van der Waals surface area contributed by atoms with Crippen LogP contribution in [0.3, 0.4) is 0 Å². The molecule has 5 heteroatoms. The fourth-order valence-corrected chi connectivity index (χ4v) is 2.16. The molecule has 0 bridgehead atoms. The topological polar surface area (TPSA) is 62.2 Å². The summed E-state index contributed by atoms with van der Waals surface area (Å²) in [6.07, 6.45) is 3.94. The van der Waals surface area contributed by atoms with E-state index in [4.69, 9.17) is 5.11 Å². The lowest BCUT2D eigenvalue weighted by Crippen LogP contribution is -2.22. The molecule has 0 radical (unpaired) electrons. The molecule has 0 aromatic carbocycles. The largest absolute Gasteiger partial charge is 0.478 e. The number of carbonyl (C=O) groups is 1. The van der Waals surface area contributed by atoms with Gasteiger partial charge in [0.25, 0.3) is 0 Å². The van der Waals surface area contributed by atoms with Gasteiger partial charge < -0.3 is 10.4 Å². The van der Waals surface area contributed by atoms with Crippen LogP contribution >= 0.6 is 11.3 Å². The van der Waals surface area contributed by atoms with Crippen LogP contribution in [0.2, 0.25) is 0 Å². The predicted octanol–water partition coefficient (Wildman–Crippen LogP) is 2.21. The summed E-state index contributed by atoms with van der Waals surface area (Å²) in [4.78, 5) is 14.7. The minimum atomic E-state index is -0.901. The molecule has 0 aliphatic carbocycles. The normalized spacial score (nSPS) is 13.8. The smallest absolute Gasteiger partial charge is 0.328 e. The molecule has 0 saturated carbocycles. The highest BCUT2D eigenvalue weighted by Gasteiger charge is 2.10. The molecular weight excluding hydrogens is 224 g/mol. The van der Waals surface area contributed by atoms with Crippen molar-refractivity contribution >= 4 is 17.3 Å². The van der Waals surface area contributed by atoms with Gasteiger partial charge in [0.1, 0.15) is 5.01 Å². The second kappa shape index (κ2) is 6.40.